The van der Waals surface area contributed by atoms with E-state index in [0.717, 1.165) is 36.5 Å². The van der Waals surface area contributed by atoms with Crippen molar-refractivity contribution in [2.75, 3.05) is 19.7 Å². The molecular weight excluding hydrogens is 332 g/mol. The molecule has 0 unspecified atom stereocenters. The van der Waals surface area contributed by atoms with E-state index in [0.29, 0.717) is 37.4 Å². The molecule has 7 nitrogen and oxygen atoms in total. The van der Waals surface area contributed by atoms with Crippen molar-refractivity contribution < 1.29 is 14.1 Å². The maximum atomic E-state index is 13.0. The summed E-state index contributed by atoms with van der Waals surface area (Å²) in [4.78, 5) is 23.9. The van der Waals surface area contributed by atoms with Gasteiger partial charge in [-0.2, -0.15) is 0 Å². The van der Waals surface area contributed by atoms with Gasteiger partial charge in [-0.3, -0.25) is 4.79 Å². The van der Waals surface area contributed by atoms with Crippen molar-refractivity contribution in [1.82, 2.24) is 20.0 Å². The summed E-state index contributed by atoms with van der Waals surface area (Å²) in [5, 5.41) is 4.01. The van der Waals surface area contributed by atoms with Crippen LogP contribution in [-0.4, -0.2) is 45.6 Å². The van der Waals surface area contributed by atoms with Crippen molar-refractivity contribution in [3.05, 3.63) is 40.3 Å². The van der Waals surface area contributed by atoms with Gasteiger partial charge in [0.25, 0.3) is 5.91 Å². The van der Waals surface area contributed by atoms with Crippen LogP contribution in [0, 0.1) is 13.8 Å². The van der Waals surface area contributed by atoms with E-state index < -0.39 is 5.60 Å². The van der Waals surface area contributed by atoms with Crippen LogP contribution >= 0.6 is 0 Å². The van der Waals surface area contributed by atoms with E-state index in [2.05, 4.69) is 15.1 Å². The predicted molar refractivity (Wildman–Crippen MR) is 93.9 cm³/mol. The van der Waals surface area contributed by atoms with Crippen molar-refractivity contribution >= 4 is 5.91 Å². The molecule has 1 amide bonds. The van der Waals surface area contributed by atoms with Gasteiger partial charge in [-0.05, 0) is 45.1 Å². The fourth-order valence-corrected chi connectivity index (χ4v) is 4.04. The zero-order valence-electron chi connectivity index (χ0n) is 15.5. The van der Waals surface area contributed by atoms with Crippen molar-refractivity contribution in [2.24, 2.45) is 0 Å². The quantitative estimate of drug-likeness (QED) is 0.821. The van der Waals surface area contributed by atoms with E-state index in [1.54, 1.807) is 6.92 Å². The summed E-state index contributed by atoms with van der Waals surface area (Å²) in [6.45, 7) is 7.63. The van der Waals surface area contributed by atoms with Gasteiger partial charge in [0.1, 0.15) is 22.7 Å². The van der Waals surface area contributed by atoms with Crippen LogP contribution in [-0.2, 0) is 23.2 Å². The number of rotatable bonds is 2. The highest BCUT2D eigenvalue weighted by Crippen LogP contribution is 2.40. The first-order valence-corrected chi connectivity index (χ1v) is 9.25. The number of carbonyl (C=O) groups is 1. The van der Waals surface area contributed by atoms with Crippen LogP contribution < -0.4 is 0 Å². The number of nitrogens with zero attached hydrogens (tertiary/aromatic N) is 4. The second-order valence-electron chi connectivity index (χ2n) is 7.09. The average molecular weight is 356 g/mol. The Morgan fingerprint density at radius 2 is 2.08 bits per heavy atom. The number of aryl methyl sites for hydroxylation is 3. The monoisotopic (exact) mass is 356 g/mol. The number of ether oxygens (including phenoxy) is 1. The maximum Gasteiger partial charge on any atom is 0.259 e. The predicted octanol–water partition coefficient (Wildman–Crippen LogP) is 2.35. The summed E-state index contributed by atoms with van der Waals surface area (Å²) in [6, 6.07) is 0. The molecule has 2 aromatic rings. The Bertz CT molecular complexity index is 837. The molecule has 0 bridgehead atoms. The Hall–Kier alpha value is -2.28. The maximum absolute atomic E-state index is 13.0. The van der Waals surface area contributed by atoms with Gasteiger partial charge >= 0.3 is 0 Å². The first-order valence-electron chi connectivity index (χ1n) is 9.25. The molecule has 0 saturated carbocycles. The molecule has 7 heteroatoms. The van der Waals surface area contributed by atoms with E-state index in [-0.39, 0.29) is 5.91 Å². The van der Waals surface area contributed by atoms with Gasteiger partial charge in [-0.15, -0.1) is 0 Å². The Balaban J connectivity index is 1.56. The second kappa shape index (κ2) is 6.46. The zero-order chi connectivity index (χ0) is 18.3. The van der Waals surface area contributed by atoms with Gasteiger partial charge in [0.05, 0.1) is 18.0 Å². The summed E-state index contributed by atoms with van der Waals surface area (Å²) >= 11 is 0. The summed E-state index contributed by atoms with van der Waals surface area (Å²) < 4.78 is 11.4. The van der Waals surface area contributed by atoms with Gasteiger partial charge in [0.2, 0.25) is 0 Å². The van der Waals surface area contributed by atoms with E-state index in [4.69, 9.17) is 9.26 Å². The van der Waals surface area contributed by atoms with Crippen molar-refractivity contribution in [3.63, 3.8) is 0 Å². The number of fused-ring (bicyclic) bond motifs is 2. The molecule has 0 N–H and O–H groups in total. The standard InChI is InChI=1S/C19H24N4O3/c1-4-15-16(12(2)26-22-15)18(24)23-8-6-19(7-9-23)17-14(5-10-25-19)11-20-13(3)21-17/h11H,4-10H2,1-3H3. The highest BCUT2D eigenvalue weighted by molar-refractivity contribution is 5.96. The minimum atomic E-state index is -0.394. The van der Waals surface area contributed by atoms with Crippen LogP contribution in [0.4, 0.5) is 0 Å². The number of hydrogen-bond acceptors (Lipinski definition) is 6. The lowest BCUT2D eigenvalue weighted by Crippen LogP contribution is -2.49. The fraction of sp³-hybridized carbons (Fsp3) is 0.579. The van der Waals surface area contributed by atoms with Crippen molar-refractivity contribution in [1.29, 1.82) is 0 Å². The van der Waals surface area contributed by atoms with E-state index in [1.165, 1.54) is 5.56 Å². The lowest BCUT2D eigenvalue weighted by Gasteiger charge is -2.44. The van der Waals surface area contributed by atoms with E-state index in [1.807, 2.05) is 24.9 Å². The molecule has 138 valence electrons. The van der Waals surface area contributed by atoms with Crippen molar-refractivity contribution in [3.8, 4) is 0 Å². The lowest BCUT2D eigenvalue weighted by molar-refractivity contribution is -0.0969. The normalized spacial score (nSPS) is 18.8. The third kappa shape index (κ3) is 2.70. The number of amides is 1. The molecule has 0 aromatic carbocycles. The Morgan fingerprint density at radius 1 is 1.31 bits per heavy atom. The van der Waals surface area contributed by atoms with Gasteiger partial charge in [0.15, 0.2) is 0 Å². The van der Waals surface area contributed by atoms with E-state index >= 15 is 0 Å². The van der Waals surface area contributed by atoms with Gasteiger partial charge in [-0.25, -0.2) is 9.97 Å². The summed E-state index contributed by atoms with van der Waals surface area (Å²) in [5.41, 5.74) is 3.14. The molecule has 0 atom stereocenters. The molecule has 4 rings (SSSR count). The molecular formula is C19H24N4O3. The summed E-state index contributed by atoms with van der Waals surface area (Å²) in [7, 11) is 0. The third-order valence-electron chi connectivity index (χ3n) is 5.51. The lowest BCUT2D eigenvalue weighted by atomic mass is 9.83. The molecule has 2 aromatic heterocycles. The Kier molecular flexibility index (Phi) is 4.26. The number of hydrogen-bond donors (Lipinski definition) is 0. The van der Waals surface area contributed by atoms with Crippen LogP contribution in [0.15, 0.2) is 10.7 Å². The van der Waals surface area contributed by atoms with Crippen LogP contribution in [0.3, 0.4) is 0 Å². The van der Waals surface area contributed by atoms with Crippen LogP contribution in [0.5, 0.6) is 0 Å². The fourth-order valence-electron chi connectivity index (χ4n) is 4.04. The largest absolute Gasteiger partial charge is 0.368 e. The topological polar surface area (TPSA) is 81.4 Å². The molecule has 1 saturated heterocycles. The van der Waals surface area contributed by atoms with Crippen LogP contribution in [0.2, 0.25) is 0 Å². The molecule has 2 aliphatic rings. The van der Waals surface area contributed by atoms with Crippen LogP contribution in [0.25, 0.3) is 0 Å². The SMILES string of the molecule is CCc1noc(C)c1C(=O)N1CCC2(CC1)OCCc1cnc(C)nc12. The van der Waals surface area contributed by atoms with Gasteiger partial charge < -0.3 is 14.2 Å². The summed E-state index contributed by atoms with van der Waals surface area (Å²) in [5.74, 6) is 1.36. The third-order valence-corrected chi connectivity index (χ3v) is 5.51. The number of aromatic nitrogens is 3. The highest BCUT2D eigenvalue weighted by Gasteiger charge is 2.43. The second-order valence-corrected chi connectivity index (χ2v) is 7.09. The molecule has 2 aliphatic heterocycles. The molecule has 1 spiro atoms. The van der Waals surface area contributed by atoms with E-state index in [9.17, 15) is 4.79 Å². The minimum Gasteiger partial charge on any atom is -0.368 e. The Morgan fingerprint density at radius 3 is 2.81 bits per heavy atom. The minimum absolute atomic E-state index is 0.00495. The van der Waals surface area contributed by atoms with Crippen molar-refractivity contribution in [2.45, 2.75) is 52.1 Å². The molecule has 26 heavy (non-hydrogen) atoms. The smallest absolute Gasteiger partial charge is 0.259 e. The zero-order valence-corrected chi connectivity index (χ0v) is 15.5. The van der Waals surface area contributed by atoms with Gasteiger partial charge in [-0.1, -0.05) is 12.1 Å². The number of likely N-dealkylation sites (tertiary alicyclic amines) is 1. The highest BCUT2D eigenvalue weighted by atomic mass is 16.5. The average Bonchev–Trinajstić information content (AvgIpc) is 3.03. The molecule has 0 radical (unpaired) electrons. The molecule has 1 fully saturated rings. The number of carbonyl (C=O) groups excluding carboxylic acids is 1. The molecule has 0 aliphatic carbocycles. The van der Waals surface area contributed by atoms with Crippen LogP contribution in [0.1, 0.15) is 58.7 Å². The Labute approximate surface area is 152 Å². The van der Waals surface area contributed by atoms with Gasteiger partial charge in [0, 0.05) is 19.3 Å². The molecule has 4 heterocycles. The summed E-state index contributed by atoms with van der Waals surface area (Å²) in [6.07, 6.45) is 4.94. The number of piperidine rings is 1. The first kappa shape index (κ1) is 17.1. The first-order chi connectivity index (χ1) is 12.5.